The molecular weight excluding hydrogens is 484 g/mol. The number of ether oxygens (including phenoxy) is 2. The maximum atomic E-state index is 12.4. The van der Waals surface area contributed by atoms with Crippen molar-refractivity contribution >= 4 is 36.4 Å². The van der Waals surface area contributed by atoms with Gasteiger partial charge in [-0.1, -0.05) is 93.0 Å². The second-order valence-corrected chi connectivity index (χ2v) is 13.9. The molecule has 0 saturated carbocycles. The van der Waals surface area contributed by atoms with Crippen LogP contribution in [0.25, 0.3) is 6.08 Å². The van der Waals surface area contributed by atoms with Gasteiger partial charge >= 0.3 is 5.69 Å². The van der Waals surface area contributed by atoms with E-state index in [4.69, 9.17) is 25.5 Å². The lowest BCUT2D eigenvalue weighted by Gasteiger charge is -2.43. The minimum Gasteiger partial charge on any atom is -0.402 e. The standard InChI is InChI=1S/C26H29ClN2O5Si/c1-26(2,3)35(20-10-6-4-7-11-20,21-12-8-5-9-13-21)33-18-23-32-17-22(34-23)29-16-19(14-15-27)24(30)28-25(29)31/h4-16,22-23H,17-18H2,1-3H3,(H,28,30,31)/b15-14+/t22-,23+/m1/s1. The van der Waals surface area contributed by atoms with Crippen molar-refractivity contribution in [1.82, 2.24) is 9.55 Å². The minimum atomic E-state index is -2.76. The van der Waals surface area contributed by atoms with Crippen LogP contribution in [-0.4, -0.2) is 37.4 Å². The molecule has 0 unspecified atom stereocenters. The average molecular weight is 513 g/mol. The summed E-state index contributed by atoms with van der Waals surface area (Å²) in [5.41, 5.74) is 0.360. The molecule has 35 heavy (non-hydrogen) atoms. The van der Waals surface area contributed by atoms with Gasteiger partial charge in [-0.2, -0.15) is 0 Å². The Morgan fingerprint density at radius 3 is 2.23 bits per heavy atom. The highest BCUT2D eigenvalue weighted by Crippen LogP contribution is 2.37. The molecule has 3 aromatic rings. The van der Waals surface area contributed by atoms with Crippen LogP contribution in [0.3, 0.4) is 0 Å². The fraction of sp³-hybridized carbons (Fsp3) is 0.308. The number of benzene rings is 2. The summed E-state index contributed by atoms with van der Waals surface area (Å²) in [5.74, 6) is 0. The number of nitrogens with one attached hydrogen (secondary N) is 1. The van der Waals surface area contributed by atoms with Crippen LogP contribution in [0.15, 0.2) is 82.0 Å². The number of halogens is 1. The molecule has 0 spiro atoms. The normalized spacial score (nSPS) is 18.9. The molecule has 4 rings (SSSR count). The summed E-state index contributed by atoms with van der Waals surface area (Å²) in [7, 11) is -2.76. The van der Waals surface area contributed by atoms with E-state index in [2.05, 4.69) is 50.0 Å². The number of aromatic nitrogens is 2. The molecule has 0 aliphatic carbocycles. The molecule has 1 fully saturated rings. The van der Waals surface area contributed by atoms with Crippen molar-refractivity contribution in [1.29, 1.82) is 0 Å². The fourth-order valence-electron chi connectivity index (χ4n) is 4.53. The largest absolute Gasteiger partial charge is 0.402 e. The number of nitrogens with zero attached hydrogens (tertiary/aromatic N) is 1. The van der Waals surface area contributed by atoms with Crippen molar-refractivity contribution in [3.8, 4) is 0 Å². The van der Waals surface area contributed by atoms with E-state index in [1.807, 2.05) is 36.4 Å². The van der Waals surface area contributed by atoms with Gasteiger partial charge in [0.1, 0.15) is 0 Å². The van der Waals surface area contributed by atoms with E-state index in [9.17, 15) is 9.59 Å². The Bertz CT molecular complexity index is 1250. The molecule has 9 heteroatoms. The van der Waals surface area contributed by atoms with E-state index in [0.29, 0.717) is 0 Å². The van der Waals surface area contributed by atoms with Gasteiger partial charge in [-0.25, -0.2) is 4.79 Å². The Hall–Kier alpha value is -2.75. The SMILES string of the molecule is CC(C)(C)[Si](OC[C@H]1OC[C@H](n2cc(/C=C/Cl)c(=O)[nH]c2=O)O1)(c1ccccc1)c1ccccc1. The van der Waals surface area contributed by atoms with Gasteiger partial charge in [-0.3, -0.25) is 14.3 Å². The van der Waals surface area contributed by atoms with Crippen LogP contribution in [0.5, 0.6) is 0 Å². The monoisotopic (exact) mass is 512 g/mol. The smallest absolute Gasteiger partial charge is 0.330 e. The number of hydrogen-bond donors (Lipinski definition) is 1. The first-order chi connectivity index (χ1) is 16.8. The van der Waals surface area contributed by atoms with Gasteiger partial charge in [0.25, 0.3) is 13.9 Å². The molecule has 2 atom stereocenters. The first kappa shape index (κ1) is 25.3. The van der Waals surface area contributed by atoms with Crippen LogP contribution in [0.4, 0.5) is 0 Å². The second kappa shape index (κ2) is 10.5. The molecule has 1 aliphatic heterocycles. The van der Waals surface area contributed by atoms with Gasteiger partial charge in [0, 0.05) is 11.7 Å². The molecule has 1 saturated heterocycles. The average Bonchev–Trinajstić information content (AvgIpc) is 3.30. The molecule has 1 aliphatic rings. The van der Waals surface area contributed by atoms with E-state index in [1.165, 1.54) is 22.4 Å². The second-order valence-electron chi connectivity index (χ2n) is 9.37. The lowest BCUT2D eigenvalue weighted by Crippen LogP contribution is -2.67. The molecular formula is C26H29ClN2O5Si. The zero-order valence-corrected chi connectivity index (χ0v) is 21.7. The van der Waals surface area contributed by atoms with Crippen molar-refractivity contribution in [2.45, 2.75) is 38.3 Å². The number of hydrogen-bond acceptors (Lipinski definition) is 5. The van der Waals surface area contributed by atoms with Crippen LogP contribution < -0.4 is 21.6 Å². The predicted octanol–water partition coefficient (Wildman–Crippen LogP) is 3.19. The van der Waals surface area contributed by atoms with Crippen LogP contribution in [-0.2, 0) is 13.9 Å². The zero-order valence-electron chi connectivity index (χ0n) is 19.9. The van der Waals surface area contributed by atoms with E-state index in [1.54, 1.807) is 0 Å². The van der Waals surface area contributed by atoms with Crippen LogP contribution >= 0.6 is 11.6 Å². The lowest BCUT2D eigenvalue weighted by atomic mass is 10.2. The van der Waals surface area contributed by atoms with Gasteiger partial charge in [-0.05, 0) is 21.5 Å². The maximum absolute atomic E-state index is 12.4. The number of rotatable bonds is 7. The summed E-state index contributed by atoms with van der Waals surface area (Å²) in [6.07, 6.45) is 1.46. The van der Waals surface area contributed by atoms with Crippen molar-refractivity contribution in [3.05, 3.63) is 98.8 Å². The third kappa shape index (κ3) is 5.12. The lowest BCUT2D eigenvalue weighted by molar-refractivity contribution is -0.0956. The van der Waals surface area contributed by atoms with Crippen molar-refractivity contribution in [3.63, 3.8) is 0 Å². The van der Waals surface area contributed by atoms with E-state index >= 15 is 0 Å². The van der Waals surface area contributed by atoms with E-state index < -0.39 is 32.1 Å². The molecule has 7 nitrogen and oxygen atoms in total. The van der Waals surface area contributed by atoms with E-state index in [-0.39, 0.29) is 23.8 Å². The highest BCUT2D eigenvalue weighted by atomic mass is 35.5. The Kier molecular flexibility index (Phi) is 7.58. The first-order valence-electron chi connectivity index (χ1n) is 11.4. The Labute approximate surface area is 210 Å². The van der Waals surface area contributed by atoms with Crippen molar-refractivity contribution < 1.29 is 13.9 Å². The van der Waals surface area contributed by atoms with Gasteiger partial charge in [-0.15, -0.1) is 0 Å². The van der Waals surface area contributed by atoms with Gasteiger partial charge < -0.3 is 13.9 Å². The van der Waals surface area contributed by atoms with Crippen LogP contribution in [0, 0.1) is 0 Å². The third-order valence-corrected chi connectivity index (χ3v) is 11.3. The molecule has 2 heterocycles. The molecule has 0 bridgehead atoms. The molecule has 1 N–H and O–H groups in total. The highest BCUT2D eigenvalue weighted by Gasteiger charge is 2.50. The van der Waals surface area contributed by atoms with E-state index in [0.717, 1.165) is 10.4 Å². The minimum absolute atomic E-state index is 0.144. The quantitative estimate of drug-likeness (QED) is 0.492. The van der Waals surface area contributed by atoms with Crippen LogP contribution in [0.2, 0.25) is 5.04 Å². The summed E-state index contributed by atoms with van der Waals surface area (Å²) in [5, 5.41) is 2.12. The fourth-order valence-corrected chi connectivity index (χ4v) is 9.21. The van der Waals surface area contributed by atoms with Crippen molar-refractivity contribution in [2.24, 2.45) is 0 Å². The molecule has 0 amide bonds. The molecule has 1 aromatic heterocycles. The topological polar surface area (TPSA) is 82.5 Å². The molecule has 184 valence electrons. The molecule has 0 radical (unpaired) electrons. The Morgan fingerprint density at radius 1 is 1.09 bits per heavy atom. The maximum Gasteiger partial charge on any atom is 0.330 e. The van der Waals surface area contributed by atoms with Gasteiger partial charge in [0.05, 0.1) is 18.8 Å². The number of H-pyrrole nitrogens is 1. The third-order valence-electron chi connectivity index (χ3n) is 6.13. The highest BCUT2D eigenvalue weighted by molar-refractivity contribution is 6.99. The Morgan fingerprint density at radius 2 is 1.69 bits per heavy atom. The predicted molar refractivity (Wildman–Crippen MR) is 140 cm³/mol. The summed E-state index contributed by atoms with van der Waals surface area (Å²) in [4.78, 5) is 26.7. The Balaban J connectivity index is 1.61. The number of aromatic amines is 1. The first-order valence-corrected chi connectivity index (χ1v) is 13.7. The molecule has 2 aromatic carbocycles. The van der Waals surface area contributed by atoms with Gasteiger partial charge in [0.15, 0.2) is 12.5 Å². The van der Waals surface area contributed by atoms with Crippen LogP contribution in [0.1, 0.15) is 32.6 Å². The van der Waals surface area contributed by atoms with Gasteiger partial charge in [0.2, 0.25) is 0 Å². The summed E-state index contributed by atoms with van der Waals surface area (Å²) >= 11 is 5.62. The van der Waals surface area contributed by atoms with Crippen molar-refractivity contribution in [2.75, 3.05) is 13.2 Å². The zero-order chi connectivity index (χ0) is 25.1. The summed E-state index contributed by atoms with van der Waals surface area (Å²) in [6.45, 7) is 6.93. The summed E-state index contributed by atoms with van der Waals surface area (Å²) in [6, 6.07) is 20.6. The summed E-state index contributed by atoms with van der Waals surface area (Å²) < 4.78 is 20.1.